The number of likely N-dealkylation sites (tertiary alicyclic amines) is 1. The molecule has 27 heavy (non-hydrogen) atoms. The molecular formula is C21H23FN2O2S. The van der Waals surface area contributed by atoms with Crippen LogP contribution in [0.25, 0.3) is 0 Å². The molecule has 2 aromatic rings. The predicted molar refractivity (Wildman–Crippen MR) is 107 cm³/mol. The third-order valence-corrected chi connectivity index (χ3v) is 5.50. The largest absolute Gasteiger partial charge is 0.339 e. The van der Waals surface area contributed by atoms with Crippen molar-refractivity contribution in [2.75, 3.05) is 24.2 Å². The fourth-order valence-electron chi connectivity index (χ4n) is 3.05. The minimum absolute atomic E-state index is 0.0220. The van der Waals surface area contributed by atoms with Gasteiger partial charge in [0.15, 0.2) is 0 Å². The maximum atomic E-state index is 12.9. The smallest absolute Gasteiger partial charge is 0.255 e. The first-order chi connectivity index (χ1) is 13.1. The number of piperidine rings is 1. The molecule has 0 aromatic heterocycles. The quantitative estimate of drug-likeness (QED) is 0.740. The summed E-state index contributed by atoms with van der Waals surface area (Å²) in [6, 6.07) is 13.4. The average molecular weight is 386 g/mol. The van der Waals surface area contributed by atoms with Crippen molar-refractivity contribution >= 4 is 29.3 Å². The van der Waals surface area contributed by atoms with Gasteiger partial charge in [-0.3, -0.25) is 9.59 Å². The van der Waals surface area contributed by atoms with Gasteiger partial charge in [0, 0.05) is 30.2 Å². The van der Waals surface area contributed by atoms with Gasteiger partial charge in [0.05, 0.1) is 11.3 Å². The number of rotatable bonds is 6. The number of carbonyl (C=O) groups excluding carboxylic acids is 2. The number of para-hydroxylation sites is 1. The van der Waals surface area contributed by atoms with Crippen molar-refractivity contribution in [2.24, 2.45) is 0 Å². The number of benzene rings is 2. The van der Waals surface area contributed by atoms with Gasteiger partial charge < -0.3 is 10.2 Å². The Balaban J connectivity index is 1.55. The zero-order valence-corrected chi connectivity index (χ0v) is 15.9. The molecule has 0 spiro atoms. The van der Waals surface area contributed by atoms with Crippen LogP contribution in [0.5, 0.6) is 0 Å². The van der Waals surface area contributed by atoms with E-state index in [9.17, 15) is 14.0 Å². The van der Waals surface area contributed by atoms with Crippen LogP contribution in [0.15, 0.2) is 53.4 Å². The fraction of sp³-hybridized carbons (Fsp3) is 0.333. The number of amides is 2. The SMILES string of the molecule is O=C(CCSc1ccc(F)cc1)Nc1ccccc1C(=O)N1CCCCC1. The van der Waals surface area contributed by atoms with Crippen molar-refractivity contribution in [3.63, 3.8) is 0 Å². The molecule has 3 rings (SSSR count). The molecule has 6 heteroatoms. The second-order valence-electron chi connectivity index (χ2n) is 6.50. The monoisotopic (exact) mass is 386 g/mol. The van der Waals surface area contributed by atoms with Gasteiger partial charge in [0.1, 0.15) is 5.82 Å². The van der Waals surface area contributed by atoms with Gasteiger partial charge in [-0.15, -0.1) is 11.8 Å². The van der Waals surface area contributed by atoms with Crippen LogP contribution >= 0.6 is 11.8 Å². The molecule has 1 heterocycles. The second kappa shape index (κ2) is 9.55. The standard InChI is InChI=1S/C21H23FN2O2S/c22-16-8-10-17(11-9-16)27-15-12-20(25)23-19-7-3-2-6-18(19)21(26)24-13-4-1-5-14-24/h2-3,6-11H,1,4-5,12-15H2,(H,23,25). The molecule has 1 aliphatic rings. The van der Waals surface area contributed by atoms with Crippen molar-refractivity contribution in [3.05, 3.63) is 59.9 Å². The first kappa shape index (κ1) is 19.4. The number of nitrogens with zero attached hydrogens (tertiary/aromatic N) is 1. The third-order valence-electron chi connectivity index (χ3n) is 4.49. The molecule has 0 unspecified atom stereocenters. The summed E-state index contributed by atoms with van der Waals surface area (Å²) in [6.45, 7) is 1.55. The molecule has 0 radical (unpaired) electrons. The van der Waals surface area contributed by atoms with E-state index in [1.165, 1.54) is 23.9 Å². The number of halogens is 1. The molecule has 4 nitrogen and oxygen atoms in total. The highest BCUT2D eigenvalue weighted by molar-refractivity contribution is 7.99. The van der Waals surface area contributed by atoms with Crippen molar-refractivity contribution in [1.29, 1.82) is 0 Å². The van der Waals surface area contributed by atoms with Crippen LogP contribution in [0.2, 0.25) is 0 Å². The molecule has 1 N–H and O–H groups in total. The van der Waals surface area contributed by atoms with E-state index in [1.807, 2.05) is 17.0 Å². The topological polar surface area (TPSA) is 49.4 Å². The van der Waals surface area contributed by atoms with Gasteiger partial charge in [0.2, 0.25) is 5.91 Å². The summed E-state index contributed by atoms with van der Waals surface area (Å²) in [6.07, 6.45) is 3.53. The maximum Gasteiger partial charge on any atom is 0.255 e. The summed E-state index contributed by atoms with van der Waals surface area (Å²) in [5.74, 6) is 0.154. The molecule has 1 saturated heterocycles. The number of nitrogens with one attached hydrogen (secondary N) is 1. The van der Waals surface area contributed by atoms with Crippen molar-refractivity contribution in [3.8, 4) is 0 Å². The Hall–Kier alpha value is -2.34. The number of thioether (sulfide) groups is 1. The number of anilines is 1. The molecule has 2 amide bonds. The summed E-state index contributed by atoms with van der Waals surface area (Å²) in [7, 11) is 0. The van der Waals surface area contributed by atoms with E-state index in [1.54, 1.807) is 24.3 Å². The second-order valence-corrected chi connectivity index (χ2v) is 7.67. The molecule has 0 saturated carbocycles. The van der Waals surface area contributed by atoms with E-state index in [-0.39, 0.29) is 17.6 Å². The van der Waals surface area contributed by atoms with Crippen molar-refractivity contribution < 1.29 is 14.0 Å². The van der Waals surface area contributed by atoms with Gasteiger partial charge in [-0.25, -0.2) is 4.39 Å². The number of hydrogen-bond acceptors (Lipinski definition) is 3. The molecule has 142 valence electrons. The number of carbonyl (C=O) groups is 2. The Bertz CT molecular complexity index is 789. The van der Waals surface area contributed by atoms with E-state index in [2.05, 4.69) is 5.32 Å². The molecular weight excluding hydrogens is 363 g/mol. The van der Waals surface area contributed by atoms with E-state index in [0.29, 0.717) is 23.4 Å². The zero-order valence-electron chi connectivity index (χ0n) is 15.1. The van der Waals surface area contributed by atoms with Gasteiger partial charge in [0.25, 0.3) is 5.91 Å². The number of hydrogen-bond donors (Lipinski definition) is 1. The maximum absolute atomic E-state index is 12.9. The van der Waals surface area contributed by atoms with Crippen LogP contribution in [0.4, 0.5) is 10.1 Å². The lowest BCUT2D eigenvalue weighted by Crippen LogP contribution is -2.36. The van der Waals surface area contributed by atoms with Crippen LogP contribution in [0.3, 0.4) is 0 Å². The first-order valence-electron chi connectivity index (χ1n) is 9.20. The van der Waals surface area contributed by atoms with E-state index >= 15 is 0 Å². The van der Waals surface area contributed by atoms with Gasteiger partial charge in [-0.1, -0.05) is 12.1 Å². The van der Waals surface area contributed by atoms with Crippen molar-refractivity contribution in [1.82, 2.24) is 4.90 Å². The molecule has 1 aliphatic heterocycles. The Labute approximate surface area is 163 Å². The Morgan fingerprint density at radius 2 is 1.70 bits per heavy atom. The van der Waals surface area contributed by atoms with Gasteiger partial charge >= 0.3 is 0 Å². The molecule has 0 atom stereocenters. The average Bonchev–Trinajstić information content (AvgIpc) is 2.70. The highest BCUT2D eigenvalue weighted by atomic mass is 32.2. The van der Waals surface area contributed by atoms with Crippen LogP contribution in [0.1, 0.15) is 36.0 Å². The molecule has 2 aromatic carbocycles. The normalized spacial score (nSPS) is 14.0. The van der Waals surface area contributed by atoms with E-state index in [0.717, 1.165) is 37.2 Å². The minimum atomic E-state index is -0.271. The van der Waals surface area contributed by atoms with Gasteiger partial charge in [-0.2, -0.15) is 0 Å². The van der Waals surface area contributed by atoms with Gasteiger partial charge in [-0.05, 0) is 55.7 Å². The summed E-state index contributed by atoms with van der Waals surface area (Å²) in [5, 5.41) is 2.87. The zero-order chi connectivity index (χ0) is 19.1. The highest BCUT2D eigenvalue weighted by Crippen LogP contribution is 2.22. The van der Waals surface area contributed by atoms with Crippen molar-refractivity contribution in [2.45, 2.75) is 30.6 Å². The Morgan fingerprint density at radius 3 is 2.44 bits per heavy atom. The molecule has 1 fully saturated rings. The molecule has 0 aliphatic carbocycles. The van der Waals surface area contributed by atoms with Crippen LogP contribution in [0, 0.1) is 5.82 Å². The fourth-order valence-corrected chi connectivity index (χ4v) is 3.90. The first-order valence-corrected chi connectivity index (χ1v) is 10.2. The highest BCUT2D eigenvalue weighted by Gasteiger charge is 2.21. The molecule has 0 bridgehead atoms. The lowest BCUT2D eigenvalue weighted by molar-refractivity contribution is -0.115. The summed E-state index contributed by atoms with van der Waals surface area (Å²) < 4.78 is 12.9. The van der Waals surface area contributed by atoms with Crippen LogP contribution in [-0.4, -0.2) is 35.6 Å². The van der Waals surface area contributed by atoms with Crippen LogP contribution < -0.4 is 5.32 Å². The Morgan fingerprint density at radius 1 is 1.00 bits per heavy atom. The van der Waals surface area contributed by atoms with Crippen LogP contribution in [-0.2, 0) is 4.79 Å². The lowest BCUT2D eigenvalue weighted by Gasteiger charge is -2.27. The lowest BCUT2D eigenvalue weighted by atomic mass is 10.1. The summed E-state index contributed by atoms with van der Waals surface area (Å²) in [4.78, 5) is 27.8. The van der Waals surface area contributed by atoms with E-state index in [4.69, 9.17) is 0 Å². The van der Waals surface area contributed by atoms with E-state index < -0.39 is 0 Å². The summed E-state index contributed by atoms with van der Waals surface area (Å²) >= 11 is 1.50. The summed E-state index contributed by atoms with van der Waals surface area (Å²) in [5.41, 5.74) is 1.10. The predicted octanol–water partition coefficient (Wildman–Crippen LogP) is 4.57. The Kier molecular flexibility index (Phi) is 6.87. The third kappa shape index (κ3) is 5.57. The minimum Gasteiger partial charge on any atom is -0.339 e.